The molecular formula is C18H18N4O2S. The number of nitrogen functional groups attached to an aromatic ring is 1. The molecule has 2 N–H and O–H groups in total. The number of carbonyl (C=O) groups excluding carboxylic acids is 1. The summed E-state index contributed by atoms with van der Waals surface area (Å²) in [5, 5.41) is 9.35. The third-order valence-electron chi connectivity index (χ3n) is 3.75. The van der Waals surface area contributed by atoms with Gasteiger partial charge >= 0.3 is 5.97 Å². The molecule has 0 amide bonds. The minimum atomic E-state index is -0.424. The molecule has 0 aliphatic carbocycles. The summed E-state index contributed by atoms with van der Waals surface area (Å²) in [4.78, 5) is 17.7. The van der Waals surface area contributed by atoms with Crippen LogP contribution in [0.25, 0.3) is 10.2 Å². The molecule has 0 saturated carbocycles. The molecule has 128 valence electrons. The minimum Gasteiger partial charge on any atom is -0.462 e. The van der Waals surface area contributed by atoms with Gasteiger partial charge in [-0.05, 0) is 38.5 Å². The topological polar surface area (TPSA) is 89.9 Å². The molecule has 0 unspecified atom stereocenters. The van der Waals surface area contributed by atoms with Crippen molar-refractivity contribution in [3.63, 3.8) is 0 Å². The van der Waals surface area contributed by atoms with Crippen molar-refractivity contribution >= 4 is 44.6 Å². The van der Waals surface area contributed by atoms with Gasteiger partial charge in [0.2, 0.25) is 0 Å². The van der Waals surface area contributed by atoms with Crippen molar-refractivity contribution in [1.82, 2.24) is 4.98 Å². The van der Waals surface area contributed by atoms with Gasteiger partial charge in [0.05, 0.1) is 23.7 Å². The molecule has 1 aromatic carbocycles. The molecule has 7 heteroatoms. The molecule has 2 aromatic heterocycles. The highest BCUT2D eigenvalue weighted by molar-refractivity contribution is 7.21. The van der Waals surface area contributed by atoms with Gasteiger partial charge in [-0.25, -0.2) is 9.78 Å². The SMILES string of the molecule is CCOC(=O)c1sc2nc(C)c(N=Nc3ccccc3)c(C)c2c1N. The Balaban J connectivity index is 2.10. The van der Waals surface area contributed by atoms with E-state index in [1.54, 1.807) is 6.92 Å². The Hall–Kier alpha value is -2.80. The zero-order valence-corrected chi connectivity index (χ0v) is 15.1. The van der Waals surface area contributed by atoms with Crippen LogP contribution in [0.1, 0.15) is 27.9 Å². The van der Waals surface area contributed by atoms with E-state index in [-0.39, 0.29) is 0 Å². The molecule has 0 spiro atoms. The molecule has 6 nitrogen and oxygen atoms in total. The number of ether oxygens (including phenoxy) is 1. The first-order valence-corrected chi connectivity index (χ1v) is 8.67. The summed E-state index contributed by atoms with van der Waals surface area (Å²) < 4.78 is 5.07. The molecule has 25 heavy (non-hydrogen) atoms. The van der Waals surface area contributed by atoms with E-state index in [2.05, 4.69) is 15.2 Å². The number of anilines is 1. The smallest absolute Gasteiger partial charge is 0.350 e. The van der Waals surface area contributed by atoms with E-state index in [0.29, 0.717) is 27.7 Å². The van der Waals surface area contributed by atoms with Crippen molar-refractivity contribution in [3.05, 3.63) is 46.5 Å². The second-order valence-corrected chi connectivity index (χ2v) is 6.45. The van der Waals surface area contributed by atoms with Gasteiger partial charge in [0.15, 0.2) is 0 Å². The van der Waals surface area contributed by atoms with Crippen LogP contribution in [0, 0.1) is 13.8 Å². The lowest BCUT2D eigenvalue weighted by Gasteiger charge is -2.05. The zero-order chi connectivity index (χ0) is 18.0. The largest absolute Gasteiger partial charge is 0.462 e. The van der Waals surface area contributed by atoms with Crippen LogP contribution in [-0.2, 0) is 4.74 Å². The Bertz CT molecular complexity index is 964. The fraction of sp³-hybridized carbons (Fsp3) is 0.222. The van der Waals surface area contributed by atoms with Crippen molar-refractivity contribution in [1.29, 1.82) is 0 Å². The number of nitrogens with zero attached hydrogens (tertiary/aromatic N) is 3. The molecule has 3 rings (SSSR count). The fourth-order valence-corrected chi connectivity index (χ4v) is 3.66. The number of hydrogen-bond acceptors (Lipinski definition) is 7. The van der Waals surface area contributed by atoms with Crippen LogP contribution in [0.5, 0.6) is 0 Å². The maximum Gasteiger partial charge on any atom is 0.350 e. The number of azo groups is 1. The van der Waals surface area contributed by atoms with E-state index >= 15 is 0 Å². The van der Waals surface area contributed by atoms with E-state index in [4.69, 9.17) is 10.5 Å². The minimum absolute atomic E-state index is 0.300. The van der Waals surface area contributed by atoms with Gasteiger partial charge in [0.1, 0.15) is 15.4 Å². The van der Waals surface area contributed by atoms with Crippen molar-refractivity contribution in [2.24, 2.45) is 10.2 Å². The number of aromatic nitrogens is 1. The molecule has 0 radical (unpaired) electrons. The lowest BCUT2D eigenvalue weighted by atomic mass is 10.1. The van der Waals surface area contributed by atoms with Gasteiger partial charge in [-0.3, -0.25) is 0 Å². The lowest BCUT2D eigenvalue weighted by molar-refractivity contribution is 0.0533. The van der Waals surface area contributed by atoms with Gasteiger partial charge in [0.25, 0.3) is 0 Å². The van der Waals surface area contributed by atoms with Crippen LogP contribution >= 0.6 is 11.3 Å². The number of benzene rings is 1. The molecule has 0 aliphatic heterocycles. The standard InChI is InChI=1S/C18H18N4O2S/c1-4-24-18(23)16-14(19)13-10(2)15(11(3)20-17(13)25-16)22-21-12-8-6-5-7-9-12/h5-9H,4,19H2,1-3H3. The molecule has 0 saturated heterocycles. The number of rotatable bonds is 4. The number of hydrogen-bond donors (Lipinski definition) is 1. The number of pyridine rings is 1. The van der Waals surface area contributed by atoms with Gasteiger partial charge in [-0.15, -0.1) is 16.5 Å². The summed E-state index contributed by atoms with van der Waals surface area (Å²) in [5.41, 5.74) is 9.59. The van der Waals surface area contributed by atoms with E-state index in [9.17, 15) is 4.79 Å². The Morgan fingerprint density at radius 2 is 1.96 bits per heavy atom. The summed E-state index contributed by atoms with van der Waals surface area (Å²) in [6, 6.07) is 9.47. The second kappa shape index (κ2) is 6.98. The number of nitrogens with two attached hydrogens (primary N) is 1. The normalized spacial score (nSPS) is 11.3. The van der Waals surface area contributed by atoms with Crippen molar-refractivity contribution < 1.29 is 9.53 Å². The number of thiophene rings is 1. The summed E-state index contributed by atoms with van der Waals surface area (Å²) in [5.74, 6) is -0.424. The Morgan fingerprint density at radius 3 is 2.64 bits per heavy atom. The third-order valence-corrected chi connectivity index (χ3v) is 4.83. The van der Waals surface area contributed by atoms with Crippen molar-refractivity contribution in [2.45, 2.75) is 20.8 Å². The molecule has 0 aliphatic rings. The Labute approximate surface area is 149 Å². The van der Waals surface area contributed by atoms with Crippen LogP contribution in [0.3, 0.4) is 0 Å². The second-order valence-electron chi connectivity index (χ2n) is 5.45. The van der Waals surface area contributed by atoms with Crippen LogP contribution < -0.4 is 5.73 Å². The lowest BCUT2D eigenvalue weighted by Crippen LogP contribution is -2.04. The van der Waals surface area contributed by atoms with Crippen molar-refractivity contribution in [2.75, 3.05) is 12.3 Å². The number of aryl methyl sites for hydroxylation is 2. The predicted molar refractivity (Wildman–Crippen MR) is 100 cm³/mol. The van der Waals surface area contributed by atoms with Crippen LogP contribution in [0.2, 0.25) is 0 Å². The van der Waals surface area contributed by atoms with E-state index in [1.807, 2.05) is 44.2 Å². The molecule has 0 atom stereocenters. The van der Waals surface area contributed by atoms with E-state index in [0.717, 1.165) is 22.3 Å². The van der Waals surface area contributed by atoms with Crippen LogP contribution in [0.15, 0.2) is 40.6 Å². The fourth-order valence-electron chi connectivity index (χ4n) is 2.57. The monoisotopic (exact) mass is 354 g/mol. The molecule has 3 aromatic rings. The highest BCUT2D eigenvalue weighted by Gasteiger charge is 2.22. The first kappa shape index (κ1) is 17.0. The average molecular weight is 354 g/mol. The summed E-state index contributed by atoms with van der Waals surface area (Å²) in [7, 11) is 0. The first-order chi connectivity index (χ1) is 12.0. The number of carbonyl (C=O) groups is 1. The van der Waals surface area contributed by atoms with Gasteiger partial charge in [0, 0.05) is 5.39 Å². The molecule has 2 heterocycles. The van der Waals surface area contributed by atoms with Crippen LogP contribution in [-0.4, -0.2) is 17.6 Å². The maximum absolute atomic E-state index is 12.1. The third kappa shape index (κ3) is 3.23. The molecule has 0 fully saturated rings. The molecular weight excluding hydrogens is 336 g/mol. The summed E-state index contributed by atoms with van der Waals surface area (Å²) >= 11 is 1.24. The highest BCUT2D eigenvalue weighted by Crippen LogP contribution is 2.40. The summed E-state index contributed by atoms with van der Waals surface area (Å²) in [6.45, 7) is 5.84. The Morgan fingerprint density at radius 1 is 1.24 bits per heavy atom. The molecule has 0 bridgehead atoms. The Kier molecular flexibility index (Phi) is 4.76. The maximum atomic E-state index is 12.1. The van der Waals surface area contributed by atoms with Crippen molar-refractivity contribution in [3.8, 4) is 0 Å². The predicted octanol–water partition coefficient (Wildman–Crippen LogP) is 5.09. The quantitative estimate of drug-likeness (QED) is 0.522. The van der Waals surface area contributed by atoms with Gasteiger partial charge < -0.3 is 10.5 Å². The summed E-state index contributed by atoms with van der Waals surface area (Å²) in [6.07, 6.45) is 0. The first-order valence-electron chi connectivity index (χ1n) is 7.86. The zero-order valence-electron chi connectivity index (χ0n) is 14.2. The van der Waals surface area contributed by atoms with E-state index in [1.165, 1.54) is 11.3 Å². The number of esters is 1. The van der Waals surface area contributed by atoms with Crippen LogP contribution in [0.4, 0.5) is 17.1 Å². The van der Waals surface area contributed by atoms with E-state index < -0.39 is 5.97 Å². The number of fused-ring (bicyclic) bond motifs is 1. The van der Waals surface area contributed by atoms with Gasteiger partial charge in [-0.1, -0.05) is 18.2 Å². The van der Waals surface area contributed by atoms with Gasteiger partial charge in [-0.2, -0.15) is 5.11 Å². The average Bonchev–Trinajstić information content (AvgIpc) is 2.92. The highest BCUT2D eigenvalue weighted by atomic mass is 32.1.